The highest BCUT2D eigenvalue weighted by Gasteiger charge is 2.25. The third-order valence-electron chi connectivity index (χ3n) is 8.16. The highest BCUT2D eigenvalue weighted by atomic mass is 16.5. The molecule has 0 aromatic heterocycles. The van der Waals surface area contributed by atoms with Gasteiger partial charge in [0, 0.05) is 51.4 Å². The Balaban J connectivity index is 1.29. The normalized spacial score (nSPS) is 15.4. The predicted molar refractivity (Wildman–Crippen MR) is 171 cm³/mol. The minimum absolute atomic E-state index is 0.0418. The highest BCUT2D eigenvalue weighted by molar-refractivity contribution is 6.00. The summed E-state index contributed by atoms with van der Waals surface area (Å²) in [5.74, 6) is 1.36. The van der Waals surface area contributed by atoms with E-state index >= 15 is 0 Å². The number of methoxy groups -OCH3 is 2. The van der Waals surface area contributed by atoms with Crippen LogP contribution in [0.4, 0.5) is 11.4 Å². The monoisotopic (exact) mass is 599 g/mol. The molecule has 0 saturated carbocycles. The number of piperazine rings is 1. The topological polar surface area (TPSA) is 103 Å². The van der Waals surface area contributed by atoms with E-state index in [4.69, 9.17) is 9.47 Å². The van der Waals surface area contributed by atoms with E-state index in [1.165, 1.54) is 0 Å². The SMILES string of the molecule is COc1ccc(CC(=O)Nc2cc(C(=O)N3CCCNCC3)ccc2N2CCN(C(=O)Cc3ccc(OC)cc3)CC2)cc1. The number of nitrogens with one attached hydrogen (secondary N) is 2. The largest absolute Gasteiger partial charge is 0.497 e. The van der Waals surface area contributed by atoms with Gasteiger partial charge in [-0.1, -0.05) is 24.3 Å². The van der Waals surface area contributed by atoms with Gasteiger partial charge in [0.1, 0.15) is 11.5 Å². The first kappa shape index (κ1) is 30.9. The van der Waals surface area contributed by atoms with Gasteiger partial charge in [-0.2, -0.15) is 0 Å². The van der Waals surface area contributed by atoms with Crippen LogP contribution >= 0.6 is 0 Å². The summed E-state index contributed by atoms with van der Waals surface area (Å²) in [6, 6.07) is 20.5. The number of benzene rings is 3. The van der Waals surface area contributed by atoms with Gasteiger partial charge in [0.25, 0.3) is 5.91 Å². The minimum atomic E-state index is -0.173. The summed E-state index contributed by atoms with van der Waals surface area (Å²) in [6.45, 7) is 5.35. The van der Waals surface area contributed by atoms with Crippen LogP contribution in [0.3, 0.4) is 0 Å². The number of carbonyl (C=O) groups excluding carboxylic acids is 3. The first-order chi connectivity index (χ1) is 21.4. The van der Waals surface area contributed by atoms with Crippen LogP contribution < -0.4 is 25.0 Å². The van der Waals surface area contributed by atoms with Crippen molar-refractivity contribution in [3.05, 3.63) is 83.4 Å². The lowest BCUT2D eigenvalue weighted by molar-refractivity contribution is -0.130. The second-order valence-corrected chi connectivity index (χ2v) is 11.1. The maximum absolute atomic E-state index is 13.4. The van der Waals surface area contributed by atoms with Crippen molar-refractivity contribution in [2.75, 3.05) is 76.8 Å². The Hall–Kier alpha value is -4.57. The molecule has 2 aliphatic heterocycles. The van der Waals surface area contributed by atoms with Crippen LogP contribution in [-0.2, 0) is 22.4 Å². The van der Waals surface area contributed by atoms with Crippen molar-refractivity contribution in [3.8, 4) is 11.5 Å². The Morgan fingerprint density at radius 2 is 1.36 bits per heavy atom. The molecule has 3 aromatic carbocycles. The number of anilines is 2. The summed E-state index contributed by atoms with van der Waals surface area (Å²) in [4.78, 5) is 45.6. The van der Waals surface area contributed by atoms with E-state index in [1.54, 1.807) is 20.3 Å². The molecule has 0 bridgehead atoms. The fraction of sp³-hybridized carbons (Fsp3) is 0.382. The number of hydrogen-bond donors (Lipinski definition) is 2. The lowest BCUT2D eigenvalue weighted by atomic mass is 10.1. The molecule has 10 nitrogen and oxygen atoms in total. The van der Waals surface area contributed by atoms with Crippen LogP contribution in [0, 0.1) is 0 Å². The molecule has 44 heavy (non-hydrogen) atoms. The molecule has 2 heterocycles. The van der Waals surface area contributed by atoms with Crippen LogP contribution in [-0.4, -0.2) is 94.1 Å². The summed E-state index contributed by atoms with van der Waals surface area (Å²) in [7, 11) is 3.23. The summed E-state index contributed by atoms with van der Waals surface area (Å²) >= 11 is 0. The molecule has 0 aliphatic carbocycles. The van der Waals surface area contributed by atoms with E-state index in [1.807, 2.05) is 70.5 Å². The van der Waals surface area contributed by atoms with Crippen LogP contribution in [0.15, 0.2) is 66.7 Å². The van der Waals surface area contributed by atoms with Crippen LogP contribution in [0.5, 0.6) is 11.5 Å². The van der Waals surface area contributed by atoms with Gasteiger partial charge in [0.05, 0.1) is 38.4 Å². The molecule has 232 valence electrons. The smallest absolute Gasteiger partial charge is 0.253 e. The number of amides is 3. The van der Waals surface area contributed by atoms with Gasteiger partial charge in [0.15, 0.2) is 0 Å². The van der Waals surface area contributed by atoms with E-state index in [0.717, 1.165) is 47.8 Å². The van der Waals surface area contributed by atoms with E-state index < -0.39 is 0 Å². The molecule has 2 N–H and O–H groups in total. The van der Waals surface area contributed by atoms with Gasteiger partial charge in [-0.3, -0.25) is 14.4 Å². The molecule has 2 saturated heterocycles. The summed E-state index contributed by atoms with van der Waals surface area (Å²) in [5.41, 5.74) is 3.78. The number of nitrogens with zero attached hydrogens (tertiary/aromatic N) is 3. The van der Waals surface area contributed by atoms with Crippen LogP contribution in [0.25, 0.3) is 0 Å². The Bertz CT molecular complexity index is 1430. The average molecular weight is 600 g/mol. The second kappa shape index (κ2) is 14.7. The minimum Gasteiger partial charge on any atom is -0.497 e. The zero-order chi connectivity index (χ0) is 30.9. The number of carbonyl (C=O) groups is 3. The standard InChI is InChI=1S/C34H41N5O5/c1-43-28-9-4-25(5-10-28)22-32(40)36-30-24-27(34(42)39-16-3-14-35-15-17-39)8-13-31(30)37-18-20-38(21-19-37)33(41)23-26-6-11-29(44-2)12-7-26/h4-13,24,35H,3,14-23H2,1-2H3,(H,36,40). The van der Waals surface area contributed by atoms with E-state index in [2.05, 4.69) is 15.5 Å². The molecule has 0 spiro atoms. The van der Waals surface area contributed by atoms with Crippen molar-refractivity contribution >= 4 is 29.1 Å². The van der Waals surface area contributed by atoms with Gasteiger partial charge in [0.2, 0.25) is 11.8 Å². The third-order valence-corrected chi connectivity index (χ3v) is 8.16. The zero-order valence-electron chi connectivity index (χ0n) is 25.5. The maximum Gasteiger partial charge on any atom is 0.253 e. The molecule has 10 heteroatoms. The van der Waals surface area contributed by atoms with Crippen LogP contribution in [0.2, 0.25) is 0 Å². The lowest BCUT2D eigenvalue weighted by Gasteiger charge is -2.37. The van der Waals surface area contributed by atoms with Gasteiger partial charge in [-0.15, -0.1) is 0 Å². The molecule has 2 fully saturated rings. The van der Waals surface area contributed by atoms with Crippen molar-refractivity contribution < 1.29 is 23.9 Å². The lowest BCUT2D eigenvalue weighted by Crippen LogP contribution is -2.49. The number of ether oxygens (including phenoxy) is 2. The quantitative estimate of drug-likeness (QED) is 0.390. The molecule has 0 radical (unpaired) electrons. The molecule has 0 unspecified atom stereocenters. The Morgan fingerprint density at radius 3 is 2.00 bits per heavy atom. The third kappa shape index (κ3) is 7.87. The molecule has 3 amide bonds. The molecular weight excluding hydrogens is 558 g/mol. The van der Waals surface area contributed by atoms with Gasteiger partial charge >= 0.3 is 0 Å². The Kier molecular flexibility index (Phi) is 10.3. The average Bonchev–Trinajstić information content (AvgIpc) is 3.35. The van der Waals surface area contributed by atoms with Crippen molar-refractivity contribution in [1.29, 1.82) is 0 Å². The fourth-order valence-corrected chi connectivity index (χ4v) is 5.63. The van der Waals surface area contributed by atoms with Crippen molar-refractivity contribution in [2.24, 2.45) is 0 Å². The molecule has 0 atom stereocenters. The fourth-order valence-electron chi connectivity index (χ4n) is 5.63. The van der Waals surface area contributed by atoms with Crippen molar-refractivity contribution in [2.45, 2.75) is 19.3 Å². The van der Waals surface area contributed by atoms with Gasteiger partial charge in [-0.05, 0) is 66.6 Å². The summed E-state index contributed by atoms with van der Waals surface area (Å²) in [5, 5.41) is 6.42. The highest BCUT2D eigenvalue weighted by Crippen LogP contribution is 2.30. The zero-order valence-corrected chi connectivity index (χ0v) is 25.5. The summed E-state index contributed by atoms with van der Waals surface area (Å²) < 4.78 is 10.4. The van der Waals surface area contributed by atoms with E-state index in [-0.39, 0.29) is 24.1 Å². The molecule has 3 aromatic rings. The molecular formula is C34H41N5O5. The van der Waals surface area contributed by atoms with E-state index in [9.17, 15) is 14.4 Å². The first-order valence-electron chi connectivity index (χ1n) is 15.2. The number of rotatable bonds is 9. The second-order valence-electron chi connectivity index (χ2n) is 11.1. The molecule has 5 rings (SSSR count). The first-order valence-corrected chi connectivity index (χ1v) is 15.2. The number of hydrogen-bond acceptors (Lipinski definition) is 7. The van der Waals surface area contributed by atoms with E-state index in [0.29, 0.717) is 56.9 Å². The van der Waals surface area contributed by atoms with Crippen molar-refractivity contribution in [3.63, 3.8) is 0 Å². The van der Waals surface area contributed by atoms with Gasteiger partial charge < -0.3 is 34.8 Å². The Labute approximate surface area is 258 Å². The molecule has 2 aliphatic rings. The summed E-state index contributed by atoms with van der Waals surface area (Å²) in [6.07, 6.45) is 1.42. The predicted octanol–water partition coefficient (Wildman–Crippen LogP) is 3.21. The Morgan fingerprint density at radius 1 is 0.727 bits per heavy atom. The van der Waals surface area contributed by atoms with Gasteiger partial charge in [-0.25, -0.2) is 0 Å². The van der Waals surface area contributed by atoms with Crippen LogP contribution in [0.1, 0.15) is 27.9 Å². The van der Waals surface area contributed by atoms with Crippen molar-refractivity contribution in [1.82, 2.24) is 15.1 Å². The maximum atomic E-state index is 13.4.